The minimum atomic E-state index is 0.419. The number of benzene rings is 1. The predicted octanol–water partition coefficient (Wildman–Crippen LogP) is 0.882. The Morgan fingerprint density at radius 1 is 1.37 bits per heavy atom. The van der Waals surface area contributed by atoms with E-state index < -0.39 is 0 Å². The van der Waals surface area contributed by atoms with Crippen LogP contribution in [0.5, 0.6) is 5.75 Å². The molecule has 0 radical (unpaired) electrons. The molecule has 102 valence electrons. The Labute approximate surface area is 112 Å². The summed E-state index contributed by atoms with van der Waals surface area (Å²) in [5.74, 6) is 0.867. The Morgan fingerprint density at radius 3 is 2.84 bits per heavy atom. The van der Waals surface area contributed by atoms with E-state index in [1.807, 2.05) is 37.5 Å². The van der Waals surface area contributed by atoms with Gasteiger partial charge in [-0.2, -0.15) is 0 Å². The zero-order valence-corrected chi connectivity index (χ0v) is 11.3. The van der Waals surface area contributed by atoms with E-state index in [0.29, 0.717) is 6.54 Å². The van der Waals surface area contributed by atoms with Gasteiger partial charge in [0.1, 0.15) is 5.75 Å². The molecule has 0 saturated carbocycles. The summed E-state index contributed by atoms with van der Waals surface area (Å²) in [7, 11) is 3.70. The smallest absolute Gasteiger partial charge is 0.142 e. The fourth-order valence-electron chi connectivity index (χ4n) is 1.86. The van der Waals surface area contributed by atoms with Gasteiger partial charge in [-0.1, -0.05) is 17.3 Å². The summed E-state index contributed by atoms with van der Waals surface area (Å²) in [6, 6.07) is 7.94. The van der Waals surface area contributed by atoms with Gasteiger partial charge in [-0.05, 0) is 12.1 Å². The molecule has 0 unspecified atom stereocenters. The molecule has 0 fully saturated rings. The molecule has 0 atom stereocenters. The normalized spacial score (nSPS) is 10.5. The maximum absolute atomic E-state index is 5.51. The SMILES string of the molecule is COc1ccccc1N(C)CCn1cc(CN)nn1. The van der Waals surface area contributed by atoms with E-state index >= 15 is 0 Å². The Balaban J connectivity index is 1.98. The number of rotatable bonds is 6. The number of aromatic nitrogens is 3. The van der Waals surface area contributed by atoms with Gasteiger partial charge in [0, 0.05) is 26.3 Å². The summed E-state index contributed by atoms with van der Waals surface area (Å²) in [5, 5.41) is 7.99. The van der Waals surface area contributed by atoms with Crippen LogP contribution in [0.2, 0.25) is 0 Å². The van der Waals surface area contributed by atoms with Crippen LogP contribution >= 0.6 is 0 Å². The van der Waals surface area contributed by atoms with Gasteiger partial charge < -0.3 is 15.4 Å². The number of likely N-dealkylation sites (N-methyl/N-ethyl adjacent to an activating group) is 1. The molecule has 2 N–H and O–H groups in total. The molecule has 0 amide bonds. The van der Waals surface area contributed by atoms with Crippen molar-refractivity contribution in [2.24, 2.45) is 5.73 Å². The third kappa shape index (κ3) is 3.23. The van der Waals surface area contributed by atoms with Gasteiger partial charge in [-0.3, -0.25) is 4.68 Å². The molecule has 0 aliphatic rings. The molecule has 0 spiro atoms. The number of ether oxygens (including phenoxy) is 1. The topological polar surface area (TPSA) is 69.2 Å². The second kappa shape index (κ2) is 6.19. The average molecular weight is 261 g/mol. The van der Waals surface area contributed by atoms with E-state index in [2.05, 4.69) is 15.2 Å². The summed E-state index contributed by atoms with van der Waals surface area (Å²) in [5.41, 5.74) is 7.37. The summed E-state index contributed by atoms with van der Waals surface area (Å²) in [6.45, 7) is 1.98. The van der Waals surface area contributed by atoms with Crippen LogP contribution in [0.1, 0.15) is 5.69 Å². The van der Waals surface area contributed by atoms with Crippen LogP contribution < -0.4 is 15.4 Å². The number of hydrogen-bond acceptors (Lipinski definition) is 5. The molecule has 1 aromatic heterocycles. The molecule has 0 bridgehead atoms. The summed E-state index contributed by atoms with van der Waals surface area (Å²) >= 11 is 0. The molecule has 1 aromatic carbocycles. The number of methoxy groups -OCH3 is 1. The highest BCUT2D eigenvalue weighted by Gasteiger charge is 2.07. The molecule has 19 heavy (non-hydrogen) atoms. The molecule has 1 heterocycles. The van der Waals surface area contributed by atoms with Crippen molar-refractivity contribution in [2.45, 2.75) is 13.1 Å². The van der Waals surface area contributed by atoms with Crippen molar-refractivity contribution in [2.75, 3.05) is 25.6 Å². The molecule has 0 saturated heterocycles. The van der Waals surface area contributed by atoms with Crippen LogP contribution in [-0.2, 0) is 13.1 Å². The van der Waals surface area contributed by atoms with Crippen molar-refractivity contribution in [1.82, 2.24) is 15.0 Å². The Bertz CT molecular complexity index is 525. The van der Waals surface area contributed by atoms with Crippen molar-refractivity contribution in [3.63, 3.8) is 0 Å². The van der Waals surface area contributed by atoms with Gasteiger partial charge in [0.25, 0.3) is 0 Å². The van der Waals surface area contributed by atoms with Gasteiger partial charge in [-0.25, -0.2) is 0 Å². The summed E-state index contributed by atoms with van der Waals surface area (Å²) in [4.78, 5) is 2.13. The number of nitrogens with two attached hydrogens (primary N) is 1. The lowest BCUT2D eigenvalue weighted by Crippen LogP contribution is -2.23. The van der Waals surface area contributed by atoms with Crippen LogP contribution in [0.15, 0.2) is 30.5 Å². The maximum atomic E-state index is 5.51. The minimum Gasteiger partial charge on any atom is -0.495 e. The Hall–Kier alpha value is -2.08. The predicted molar refractivity (Wildman–Crippen MR) is 74.2 cm³/mol. The standard InChI is InChI=1S/C13H19N5O/c1-17(12-5-3-4-6-13(12)19-2)7-8-18-10-11(9-14)15-16-18/h3-6,10H,7-9,14H2,1-2H3. The largest absolute Gasteiger partial charge is 0.495 e. The van der Waals surface area contributed by atoms with Crippen molar-refractivity contribution < 1.29 is 4.74 Å². The van der Waals surface area contributed by atoms with E-state index in [1.54, 1.807) is 11.8 Å². The highest BCUT2D eigenvalue weighted by molar-refractivity contribution is 5.57. The van der Waals surface area contributed by atoms with Crippen LogP contribution in [-0.4, -0.2) is 35.7 Å². The molecule has 2 aromatic rings. The van der Waals surface area contributed by atoms with Crippen LogP contribution in [0.4, 0.5) is 5.69 Å². The second-order valence-electron chi connectivity index (χ2n) is 4.27. The van der Waals surface area contributed by atoms with Gasteiger partial charge >= 0.3 is 0 Å². The Morgan fingerprint density at radius 2 is 2.16 bits per heavy atom. The number of nitrogens with zero attached hydrogens (tertiary/aromatic N) is 4. The first-order valence-electron chi connectivity index (χ1n) is 6.18. The van der Waals surface area contributed by atoms with E-state index in [1.165, 1.54) is 0 Å². The molecule has 0 aliphatic heterocycles. The zero-order valence-electron chi connectivity index (χ0n) is 11.3. The highest BCUT2D eigenvalue weighted by atomic mass is 16.5. The first-order chi connectivity index (χ1) is 9.24. The fourth-order valence-corrected chi connectivity index (χ4v) is 1.86. The molecule has 6 nitrogen and oxygen atoms in total. The summed E-state index contributed by atoms with van der Waals surface area (Å²) < 4.78 is 7.15. The van der Waals surface area contributed by atoms with Gasteiger partial charge in [0.15, 0.2) is 0 Å². The Kier molecular flexibility index (Phi) is 4.35. The van der Waals surface area contributed by atoms with Crippen LogP contribution in [0.3, 0.4) is 0 Å². The van der Waals surface area contributed by atoms with Crippen molar-refractivity contribution in [1.29, 1.82) is 0 Å². The molecular formula is C13H19N5O. The van der Waals surface area contributed by atoms with Gasteiger partial charge in [0.05, 0.1) is 25.0 Å². The number of para-hydroxylation sites is 2. The van der Waals surface area contributed by atoms with Gasteiger partial charge in [0.2, 0.25) is 0 Å². The third-order valence-corrected chi connectivity index (χ3v) is 2.96. The lowest BCUT2D eigenvalue weighted by molar-refractivity contribution is 0.414. The first-order valence-corrected chi connectivity index (χ1v) is 6.18. The molecule has 0 aliphatic carbocycles. The molecule has 6 heteroatoms. The van der Waals surface area contributed by atoms with Crippen molar-refractivity contribution >= 4 is 5.69 Å². The van der Waals surface area contributed by atoms with Gasteiger partial charge in [-0.15, -0.1) is 5.10 Å². The van der Waals surface area contributed by atoms with E-state index in [0.717, 1.165) is 30.2 Å². The van der Waals surface area contributed by atoms with Crippen LogP contribution in [0.25, 0.3) is 0 Å². The number of hydrogen-bond donors (Lipinski definition) is 1. The third-order valence-electron chi connectivity index (χ3n) is 2.96. The molecule has 2 rings (SSSR count). The average Bonchev–Trinajstić information content (AvgIpc) is 2.92. The quantitative estimate of drug-likeness (QED) is 0.836. The van der Waals surface area contributed by atoms with E-state index in [9.17, 15) is 0 Å². The number of anilines is 1. The highest BCUT2D eigenvalue weighted by Crippen LogP contribution is 2.26. The minimum absolute atomic E-state index is 0.419. The summed E-state index contributed by atoms with van der Waals surface area (Å²) in [6.07, 6.45) is 1.87. The molecular weight excluding hydrogens is 242 g/mol. The zero-order chi connectivity index (χ0) is 13.7. The van der Waals surface area contributed by atoms with Crippen molar-refractivity contribution in [3.8, 4) is 5.75 Å². The maximum Gasteiger partial charge on any atom is 0.142 e. The second-order valence-corrected chi connectivity index (χ2v) is 4.27. The fraction of sp³-hybridized carbons (Fsp3) is 0.385. The van der Waals surface area contributed by atoms with E-state index in [4.69, 9.17) is 10.5 Å². The first kappa shape index (κ1) is 13.4. The monoisotopic (exact) mass is 261 g/mol. The van der Waals surface area contributed by atoms with E-state index in [-0.39, 0.29) is 0 Å². The lowest BCUT2D eigenvalue weighted by Gasteiger charge is -2.21. The lowest BCUT2D eigenvalue weighted by atomic mass is 10.2. The van der Waals surface area contributed by atoms with Crippen LogP contribution in [0, 0.1) is 0 Å². The van der Waals surface area contributed by atoms with Crippen molar-refractivity contribution in [3.05, 3.63) is 36.2 Å².